The Morgan fingerprint density at radius 2 is 1.28 bits per heavy atom. The van der Waals surface area contributed by atoms with Gasteiger partial charge in [-0.05, 0) is 72.0 Å². The maximum Gasteiger partial charge on any atom is 0.346 e. The number of hydrogen-bond donors (Lipinski definition) is 3. The molecular formula is C43H43N3O10S. The van der Waals surface area contributed by atoms with Crippen molar-refractivity contribution in [2.45, 2.75) is 32.7 Å². The van der Waals surface area contributed by atoms with E-state index < -0.39 is 28.1 Å². The smallest absolute Gasteiger partial charge is 0.346 e. The largest absolute Gasteiger partial charge is 0.493 e. The predicted octanol–water partition coefficient (Wildman–Crippen LogP) is 6.28. The minimum Gasteiger partial charge on any atom is -0.493 e. The Labute approximate surface area is 331 Å². The highest BCUT2D eigenvalue weighted by atomic mass is 32.2. The number of nitrogens with zero attached hydrogens (tertiary/aromatic N) is 1. The molecular weight excluding hydrogens is 751 g/mol. The lowest BCUT2D eigenvalue weighted by atomic mass is 10.1. The second kappa shape index (κ2) is 20.9. The normalized spacial score (nSPS) is 12.9. The van der Waals surface area contributed by atoms with Crippen LogP contribution >= 0.6 is 0 Å². The molecule has 0 unspecified atom stereocenters. The van der Waals surface area contributed by atoms with Crippen LogP contribution in [0.15, 0.2) is 133 Å². The highest BCUT2D eigenvalue weighted by Gasteiger charge is 2.35. The fraction of sp³-hybridized carbons (Fsp3) is 0.186. The van der Waals surface area contributed by atoms with E-state index in [9.17, 15) is 22.8 Å². The number of esters is 1. The van der Waals surface area contributed by atoms with Crippen LogP contribution in [0.2, 0.25) is 0 Å². The van der Waals surface area contributed by atoms with Crippen LogP contribution in [0.25, 0.3) is 6.08 Å². The van der Waals surface area contributed by atoms with E-state index in [2.05, 4.69) is 0 Å². The van der Waals surface area contributed by atoms with Crippen molar-refractivity contribution in [2.24, 2.45) is 5.73 Å². The van der Waals surface area contributed by atoms with Gasteiger partial charge < -0.3 is 29.8 Å². The lowest BCUT2D eigenvalue weighted by molar-refractivity contribution is -0.131. The molecule has 0 aromatic heterocycles. The van der Waals surface area contributed by atoms with Gasteiger partial charge in [0.05, 0.1) is 12.3 Å². The third kappa shape index (κ3) is 12.7. The number of amides is 1. The maximum atomic E-state index is 13.0. The molecule has 296 valence electrons. The van der Waals surface area contributed by atoms with Gasteiger partial charge in [-0.1, -0.05) is 103 Å². The van der Waals surface area contributed by atoms with Gasteiger partial charge in [0.15, 0.2) is 0 Å². The van der Waals surface area contributed by atoms with Gasteiger partial charge in [0.1, 0.15) is 49.2 Å². The van der Waals surface area contributed by atoms with Crippen molar-refractivity contribution < 1.29 is 46.9 Å². The fourth-order valence-electron chi connectivity index (χ4n) is 5.43. The molecule has 14 heteroatoms. The fourth-order valence-corrected chi connectivity index (χ4v) is 6.59. The first-order valence-corrected chi connectivity index (χ1v) is 19.5. The molecule has 57 heavy (non-hydrogen) atoms. The Hall–Kier alpha value is -6.64. The number of nitrogens with two attached hydrogens (primary N) is 1. The second-order valence-electron chi connectivity index (χ2n) is 12.5. The van der Waals surface area contributed by atoms with Crippen LogP contribution in [0, 0.1) is 0 Å². The first kappa shape index (κ1) is 41.5. The number of benzene rings is 5. The SMILES string of the molecule is NCCCCOc1cccc(OCc2ccccc2)c1C(=O)OCc1ccccc1.O=C(O)C=Cc1ccc(N2CC(=O)NS2(=O)=O)c(OCc2ccccc2)c1. The number of hydrogen-bond acceptors (Lipinski definition) is 10. The van der Waals surface area contributed by atoms with Gasteiger partial charge in [-0.25, -0.2) is 18.6 Å². The topological polar surface area (TPSA) is 184 Å². The predicted molar refractivity (Wildman–Crippen MR) is 215 cm³/mol. The molecule has 0 saturated carbocycles. The molecule has 13 nitrogen and oxygen atoms in total. The maximum absolute atomic E-state index is 13.0. The number of nitrogens with one attached hydrogen (secondary N) is 1. The van der Waals surface area contributed by atoms with Crippen LogP contribution in [0.5, 0.6) is 17.2 Å². The number of carboxylic acid groups (broad SMARTS) is 1. The molecule has 5 aromatic carbocycles. The number of unbranched alkanes of at least 4 members (excludes halogenated alkanes) is 1. The van der Waals surface area contributed by atoms with Crippen molar-refractivity contribution >= 4 is 39.8 Å². The van der Waals surface area contributed by atoms with E-state index in [4.69, 9.17) is 29.8 Å². The van der Waals surface area contributed by atoms with E-state index >= 15 is 0 Å². The summed E-state index contributed by atoms with van der Waals surface area (Å²) in [4.78, 5) is 35.2. The zero-order chi connectivity index (χ0) is 40.5. The van der Waals surface area contributed by atoms with Gasteiger partial charge in [-0.3, -0.25) is 4.79 Å². The summed E-state index contributed by atoms with van der Waals surface area (Å²) >= 11 is 0. The number of anilines is 1. The summed E-state index contributed by atoms with van der Waals surface area (Å²) in [5.41, 5.74) is 9.35. The average Bonchev–Trinajstić information content (AvgIpc) is 3.51. The van der Waals surface area contributed by atoms with Gasteiger partial charge in [0.2, 0.25) is 0 Å². The lowest BCUT2D eigenvalue weighted by Crippen LogP contribution is -2.29. The van der Waals surface area contributed by atoms with Crippen molar-refractivity contribution in [1.29, 1.82) is 0 Å². The van der Waals surface area contributed by atoms with Crippen LogP contribution < -0.4 is 29.0 Å². The molecule has 1 heterocycles. The minimum absolute atomic E-state index is 0.176. The highest BCUT2D eigenvalue weighted by Crippen LogP contribution is 2.34. The van der Waals surface area contributed by atoms with Gasteiger partial charge in [-0.15, -0.1) is 0 Å². The molecule has 0 aliphatic carbocycles. The number of aliphatic carboxylic acids is 1. The third-order valence-corrected chi connectivity index (χ3v) is 9.62. The van der Waals surface area contributed by atoms with Crippen LogP contribution in [0.3, 0.4) is 0 Å². The lowest BCUT2D eigenvalue weighted by Gasteiger charge is -2.19. The van der Waals surface area contributed by atoms with Crippen molar-refractivity contribution in [3.8, 4) is 17.2 Å². The summed E-state index contributed by atoms with van der Waals surface area (Å²) in [5, 5.41) is 8.77. The van der Waals surface area contributed by atoms with Crippen molar-refractivity contribution in [3.05, 3.63) is 161 Å². The van der Waals surface area contributed by atoms with Crippen LogP contribution in [-0.2, 0) is 44.4 Å². The Morgan fingerprint density at radius 1 is 0.719 bits per heavy atom. The van der Waals surface area contributed by atoms with E-state index in [0.717, 1.165) is 39.9 Å². The second-order valence-corrected chi connectivity index (χ2v) is 14.1. The van der Waals surface area contributed by atoms with Crippen LogP contribution in [0.4, 0.5) is 5.69 Å². The third-order valence-electron chi connectivity index (χ3n) is 8.23. The van der Waals surface area contributed by atoms with E-state index in [1.54, 1.807) is 18.2 Å². The number of carboxylic acids is 1. The molecule has 1 aliphatic heterocycles. The average molecular weight is 794 g/mol. The molecule has 1 saturated heterocycles. The first-order chi connectivity index (χ1) is 27.6. The Bertz CT molecular complexity index is 2240. The molecule has 1 fully saturated rings. The van der Waals surface area contributed by atoms with E-state index in [1.807, 2.05) is 102 Å². The molecule has 0 atom stereocenters. The molecule has 1 amide bonds. The van der Waals surface area contributed by atoms with Gasteiger partial charge in [0, 0.05) is 6.08 Å². The summed E-state index contributed by atoms with van der Waals surface area (Å²) in [5.74, 6) is -1.12. The zero-order valence-electron chi connectivity index (χ0n) is 31.0. The highest BCUT2D eigenvalue weighted by molar-refractivity contribution is 7.92. The van der Waals surface area contributed by atoms with Crippen molar-refractivity contribution in [1.82, 2.24) is 4.72 Å². The van der Waals surface area contributed by atoms with Crippen molar-refractivity contribution in [3.63, 3.8) is 0 Å². The molecule has 5 aromatic rings. The Morgan fingerprint density at radius 3 is 1.82 bits per heavy atom. The Balaban J connectivity index is 0.000000219. The monoisotopic (exact) mass is 793 g/mol. The van der Waals surface area contributed by atoms with E-state index in [-0.39, 0.29) is 31.2 Å². The van der Waals surface area contributed by atoms with Gasteiger partial charge >= 0.3 is 22.1 Å². The first-order valence-electron chi connectivity index (χ1n) is 18.0. The number of ether oxygens (including phenoxy) is 4. The standard InChI is InChI=1S/C25H27NO4.C18H16N2O6S/c26-16-7-8-17-28-22-14-9-15-23(29-18-20-10-3-1-4-11-20)24(22)25(27)30-19-21-12-5-2-6-13-21;21-17-11-20(27(24,25)19-17)15-8-6-13(7-9-18(22)23)10-16(15)26-12-14-4-2-1-3-5-14/h1-6,9-15H,7-8,16-19,26H2;1-10H,11-12H2,(H,19,21)(H,22,23). The minimum atomic E-state index is -3.99. The van der Waals surface area contributed by atoms with Crippen molar-refractivity contribution in [2.75, 3.05) is 24.0 Å². The van der Waals surface area contributed by atoms with Crippen LogP contribution in [-0.4, -0.2) is 51.1 Å². The zero-order valence-corrected chi connectivity index (χ0v) is 31.8. The van der Waals surface area contributed by atoms with Gasteiger partial charge in [-0.2, -0.15) is 8.42 Å². The quantitative estimate of drug-likeness (QED) is 0.0547. The summed E-state index contributed by atoms with van der Waals surface area (Å²) in [6, 6.07) is 38.5. The van der Waals surface area contributed by atoms with Crippen LogP contribution in [0.1, 0.15) is 45.5 Å². The van der Waals surface area contributed by atoms with E-state index in [1.165, 1.54) is 18.2 Å². The summed E-state index contributed by atoms with van der Waals surface area (Å²) in [6.07, 6.45) is 4.00. The Kier molecular flexibility index (Phi) is 15.2. The number of carbonyl (C=O) groups is 3. The number of rotatable bonds is 17. The number of carbonyl (C=O) groups excluding carboxylic acids is 2. The summed E-state index contributed by atoms with van der Waals surface area (Å²) in [7, 11) is -3.99. The summed E-state index contributed by atoms with van der Waals surface area (Å²) < 4.78 is 50.3. The van der Waals surface area contributed by atoms with Gasteiger partial charge in [0.25, 0.3) is 5.91 Å². The molecule has 6 rings (SSSR count). The van der Waals surface area contributed by atoms with E-state index in [0.29, 0.717) is 42.4 Å². The summed E-state index contributed by atoms with van der Waals surface area (Å²) in [6.45, 7) is 1.42. The molecule has 0 spiro atoms. The molecule has 1 aliphatic rings. The molecule has 0 bridgehead atoms. The molecule has 0 radical (unpaired) electrons. The molecule has 4 N–H and O–H groups in total.